The number of aryl methyl sites for hydroxylation is 1. The number of rotatable bonds is 5. The highest BCUT2D eigenvalue weighted by molar-refractivity contribution is 7.86. The maximum absolute atomic E-state index is 12.2. The summed E-state index contributed by atoms with van der Waals surface area (Å²) < 4.78 is 27.4. The molecule has 0 aromatic heterocycles. The van der Waals surface area contributed by atoms with Crippen molar-refractivity contribution < 1.29 is 12.6 Å². The van der Waals surface area contributed by atoms with Gasteiger partial charge < -0.3 is 0 Å². The molecule has 0 saturated carbocycles. The van der Waals surface area contributed by atoms with Gasteiger partial charge in [-0.15, -0.1) is 0 Å². The van der Waals surface area contributed by atoms with E-state index in [0.29, 0.717) is 0 Å². The van der Waals surface area contributed by atoms with E-state index in [4.69, 9.17) is 27.4 Å². The van der Waals surface area contributed by atoms with Crippen LogP contribution in [0.1, 0.15) is 11.1 Å². The van der Waals surface area contributed by atoms with Crippen LogP contribution >= 0.6 is 23.2 Å². The Morgan fingerprint density at radius 1 is 1.00 bits per heavy atom. The highest BCUT2D eigenvalue weighted by atomic mass is 35.5. The lowest BCUT2D eigenvalue weighted by molar-refractivity contribution is 0.248. The van der Waals surface area contributed by atoms with Gasteiger partial charge in [-0.1, -0.05) is 71.2 Å². The Bertz CT molecular complexity index is 695. The molecule has 3 nitrogen and oxygen atoms in total. The fourth-order valence-electron chi connectivity index (χ4n) is 1.78. The lowest BCUT2D eigenvalue weighted by Crippen LogP contribution is -2.25. The van der Waals surface area contributed by atoms with Gasteiger partial charge in [-0.3, -0.25) is 0 Å². The van der Waals surface area contributed by atoms with E-state index in [1.54, 1.807) is 24.3 Å². The van der Waals surface area contributed by atoms with Crippen LogP contribution in [0.2, 0.25) is 0 Å². The first-order valence-electron chi connectivity index (χ1n) is 6.23. The van der Waals surface area contributed by atoms with Crippen molar-refractivity contribution in [3.63, 3.8) is 0 Å². The van der Waals surface area contributed by atoms with Crippen molar-refractivity contribution in [3.05, 3.63) is 65.7 Å². The molecule has 2 rings (SSSR count). The summed E-state index contributed by atoms with van der Waals surface area (Å²) in [6, 6.07) is 15.3. The van der Waals surface area contributed by atoms with Crippen LogP contribution in [0.3, 0.4) is 0 Å². The van der Waals surface area contributed by atoms with Gasteiger partial charge in [0.05, 0.1) is 4.90 Å². The second-order valence-corrected chi connectivity index (χ2v) is 7.61. The topological polar surface area (TPSA) is 43.4 Å². The minimum atomic E-state index is -4.02. The van der Waals surface area contributed by atoms with Crippen LogP contribution in [-0.2, 0) is 20.7 Å². The van der Waals surface area contributed by atoms with Crippen molar-refractivity contribution in [2.24, 2.45) is 0 Å². The van der Waals surface area contributed by atoms with Gasteiger partial charge in [-0.2, -0.15) is 8.42 Å². The average Bonchev–Trinajstić information content (AvgIpc) is 2.38. The number of hydrogen-bond donors (Lipinski definition) is 0. The summed E-state index contributed by atoms with van der Waals surface area (Å²) in [5, 5.41) is 0. The molecule has 0 unspecified atom stereocenters. The molecule has 21 heavy (non-hydrogen) atoms. The predicted molar refractivity (Wildman–Crippen MR) is 84.0 cm³/mol. The molecule has 0 saturated heterocycles. The fraction of sp³-hybridized carbons (Fsp3) is 0.200. The van der Waals surface area contributed by atoms with Gasteiger partial charge in [0.2, 0.25) is 4.52 Å². The standard InChI is InChI=1S/C15H14Cl2O3S/c1-12-7-9-14(10-8-12)21(18,19)20-15(16,17)11-13-5-3-2-4-6-13/h2-10H,11H2,1H3. The molecule has 0 spiro atoms. The molecule has 0 fully saturated rings. The third-order valence-electron chi connectivity index (χ3n) is 2.79. The van der Waals surface area contributed by atoms with Crippen LogP contribution in [-0.4, -0.2) is 12.9 Å². The zero-order valence-corrected chi connectivity index (χ0v) is 13.6. The maximum Gasteiger partial charge on any atom is 0.299 e. The maximum atomic E-state index is 12.2. The van der Waals surface area contributed by atoms with Crippen LogP contribution in [0.15, 0.2) is 59.5 Å². The molecule has 0 aliphatic heterocycles. The fourth-order valence-corrected chi connectivity index (χ4v) is 3.53. The van der Waals surface area contributed by atoms with E-state index < -0.39 is 14.6 Å². The van der Waals surface area contributed by atoms with Crippen molar-refractivity contribution in [1.82, 2.24) is 0 Å². The highest BCUT2D eigenvalue weighted by Crippen LogP contribution is 2.31. The molecule has 0 radical (unpaired) electrons. The van der Waals surface area contributed by atoms with E-state index in [1.807, 2.05) is 25.1 Å². The second kappa shape index (κ2) is 6.36. The average molecular weight is 345 g/mol. The normalized spacial score (nSPS) is 12.3. The van der Waals surface area contributed by atoms with E-state index >= 15 is 0 Å². The first-order chi connectivity index (χ1) is 9.78. The Morgan fingerprint density at radius 3 is 2.14 bits per heavy atom. The third-order valence-corrected chi connectivity index (χ3v) is 4.75. The molecule has 2 aromatic rings. The number of halogens is 2. The van der Waals surface area contributed by atoms with Gasteiger partial charge >= 0.3 is 0 Å². The van der Waals surface area contributed by atoms with E-state index in [2.05, 4.69) is 0 Å². The second-order valence-electron chi connectivity index (χ2n) is 4.65. The molecular formula is C15H14Cl2O3S. The summed E-state index contributed by atoms with van der Waals surface area (Å²) in [5.74, 6) is 0. The number of alkyl halides is 2. The molecule has 112 valence electrons. The Balaban J connectivity index is 2.17. The van der Waals surface area contributed by atoms with Crippen LogP contribution < -0.4 is 0 Å². The highest BCUT2D eigenvalue weighted by Gasteiger charge is 2.33. The molecule has 0 N–H and O–H groups in total. The zero-order valence-electron chi connectivity index (χ0n) is 11.3. The van der Waals surface area contributed by atoms with Gasteiger partial charge in [0.1, 0.15) is 0 Å². The summed E-state index contributed by atoms with van der Waals surface area (Å²) in [6.07, 6.45) is 0.0576. The number of benzene rings is 2. The van der Waals surface area contributed by atoms with Gasteiger partial charge in [-0.05, 0) is 24.6 Å². The zero-order chi connectivity index (χ0) is 15.5. The van der Waals surface area contributed by atoms with E-state index in [1.165, 1.54) is 12.1 Å². The predicted octanol–water partition coefficient (Wildman–Crippen LogP) is 4.07. The van der Waals surface area contributed by atoms with Crippen molar-refractivity contribution >= 4 is 33.3 Å². The minimum absolute atomic E-state index is 0.0202. The summed E-state index contributed by atoms with van der Waals surface area (Å²) >= 11 is 12.0. The van der Waals surface area contributed by atoms with Gasteiger partial charge in [0, 0.05) is 6.42 Å². The Kier molecular flexibility index (Phi) is 4.94. The minimum Gasteiger partial charge on any atom is -0.227 e. The van der Waals surface area contributed by atoms with E-state index in [-0.39, 0.29) is 11.3 Å². The smallest absolute Gasteiger partial charge is 0.227 e. The molecule has 0 aliphatic rings. The quantitative estimate of drug-likeness (QED) is 0.606. The largest absolute Gasteiger partial charge is 0.299 e. The van der Waals surface area contributed by atoms with Crippen molar-refractivity contribution in [1.29, 1.82) is 0 Å². The Morgan fingerprint density at radius 2 is 1.57 bits per heavy atom. The third kappa shape index (κ3) is 4.71. The van der Waals surface area contributed by atoms with Gasteiger partial charge in [-0.25, -0.2) is 4.18 Å². The first kappa shape index (κ1) is 16.3. The summed E-state index contributed by atoms with van der Waals surface area (Å²) in [5.41, 5.74) is 1.72. The SMILES string of the molecule is Cc1ccc(S(=O)(=O)OC(Cl)(Cl)Cc2ccccc2)cc1. The molecule has 0 amide bonds. The van der Waals surface area contributed by atoms with Crippen molar-refractivity contribution in [2.45, 2.75) is 22.8 Å². The molecular weight excluding hydrogens is 331 g/mol. The van der Waals surface area contributed by atoms with E-state index in [9.17, 15) is 8.42 Å². The summed E-state index contributed by atoms with van der Waals surface area (Å²) in [7, 11) is -4.02. The Labute approximate surface area is 134 Å². The van der Waals surface area contributed by atoms with Gasteiger partial charge in [0.15, 0.2) is 0 Å². The number of hydrogen-bond acceptors (Lipinski definition) is 3. The Hall–Kier alpha value is -1.07. The van der Waals surface area contributed by atoms with Crippen LogP contribution in [0.25, 0.3) is 0 Å². The summed E-state index contributed by atoms with van der Waals surface area (Å²) in [4.78, 5) is 0.0202. The van der Waals surface area contributed by atoms with Gasteiger partial charge in [0.25, 0.3) is 10.1 Å². The first-order valence-corrected chi connectivity index (χ1v) is 8.39. The molecule has 0 bridgehead atoms. The van der Waals surface area contributed by atoms with Crippen LogP contribution in [0.4, 0.5) is 0 Å². The van der Waals surface area contributed by atoms with Crippen LogP contribution in [0, 0.1) is 6.92 Å². The molecule has 2 aromatic carbocycles. The monoisotopic (exact) mass is 344 g/mol. The van der Waals surface area contributed by atoms with E-state index in [0.717, 1.165) is 11.1 Å². The van der Waals surface area contributed by atoms with Crippen LogP contribution in [0.5, 0.6) is 0 Å². The lowest BCUT2D eigenvalue weighted by atomic mass is 10.2. The molecule has 0 heterocycles. The lowest BCUT2D eigenvalue weighted by Gasteiger charge is -2.19. The molecule has 6 heteroatoms. The molecule has 0 atom stereocenters. The van der Waals surface area contributed by atoms with Crippen molar-refractivity contribution in [3.8, 4) is 0 Å². The summed E-state index contributed by atoms with van der Waals surface area (Å²) in [6.45, 7) is 1.86. The molecule has 0 aliphatic carbocycles. The van der Waals surface area contributed by atoms with Crippen molar-refractivity contribution in [2.75, 3.05) is 0 Å².